The van der Waals surface area contributed by atoms with E-state index in [0.717, 1.165) is 0 Å². The Kier molecular flexibility index (Phi) is 8.08. The third-order valence-corrected chi connectivity index (χ3v) is 2.60. The molecule has 22 heavy (non-hydrogen) atoms. The minimum absolute atomic E-state index is 0. The molecule has 0 aliphatic heterocycles. The third-order valence-electron chi connectivity index (χ3n) is 2.60. The van der Waals surface area contributed by atoms with Crippen LogP contribution in [0.15, 0.2) is 24.3 Å². The van der Waals surface area contributed by atoms with E-state index >= 15 is 0 Å². The Labute approximate surface area is 137 Å². The average molecular weight is 330 g/mol. The molecule has 0 fully saturated rings. The first-order valence-corrected chi connectivity index (χ1v) is 6.71. The number of carbonyl (C=O) groups is 2. The van der Waals surface area contributed by atoms with Crippen molar-refractivity contribution in [3.8, 4) is 0 Å². The number of anilines is 1. The van der Waals surface area contributed by atoms with E-state index in [1.807, 2.05) is 20.8 Å². The minimum Gasteiger partial charge on any atom is -0.383 e. The van der Waals surface area contributed by atoms with Crippen LogP contribution in [0.2, 0.25) is 0 Å². The number of amides is 2. The number of nitrogens with two attached hydrogens (primary N) is 1. The molecule has 1 aromatic carbocycles. The van der Waals surface area contributed by atoms with Gasteiger partial charge in [-0.25, -0.2) is 0 Å². The highest BCUT2D eigenvalue weighted by molar-refractivity contribution is 6.05. The number of hydrogen-bond donors (Lipinski definition) is 3. The van der Waals surface area contributed by atoms with E-state index in [1.54, 1.807) is 24.3 Å². The molecule has 4 N–H and O–H groups in total. The van der Waals surface area contributed by atoms with Crippen LogP contribution in [0.5, 0.6) is 0 Å². The zero-order valence-corrected chi connectivity index (χ0v) is 14.1. The molecule has 1 atom stereocenters. The Balaban J connectivity index is 0.00000441. The highest BCUT2D eigenvalue weighted by Gasteiger charge is 2.20. The fraction of sp³-hybridized carbons (Fsp3) is 0.467. The van der Waals surface area contributed by atoms with Crippen LogP contribution in [-0.2, 0) is 9.53 Å². The smallest absolute Gasteiger partial charge is 0.253 e. The van der Waals surface area contributed by atoms with Crippen molar-refractivity contribution in [1.29, 1.82) is 0 Å². The van der Waals surface area contributed by atoms with E-state index < -0.39 is 11.9 Å². The zero-order chi connectivity index (χ0) is 16.0. The molecule has 1 rings (SSSR count). The summed E-state index contributed by atoms with van der Waals surface area (Å²) in [4.78, 5) is 24.2. The number of carbonyl (C=O) groups excluding carboxylic acids is 2. The van der Waals surface area contributed by atoms with Gasteiger partial charge in [0.2, 0.25) is 5.91 Å². The number of halogens is 1. The summed E-state index contributed by atoms with van der Waals surface area (Å²) in [6.07, 6.45) is 0. The second kappa shape index (κ2) is 8.73. The van der Waals surface area contributed by atoms with E-state index in [0.29, 0.717) is 11.3 Å². The largest absolute Gasteiger partial charge is 0.383 e. The summed E-state index contributed by atoms with van der Waals surface area (Å²) >= 11 is 0. The van der Waals surface area contributed by atoms with Crippen LogP contribution in [0, 0.1) is 0 Å². The summed E-state index contributed by atoms with van der Waals surface area (Å²) in [5.41, 5.74) is 6.13. The van der Waals surface area contributed by atoms with Crippen LogP contribution in [0.4, 0.5) is 5.69 Å². The topological polar surface area (TPSA) is 93.4 Å². The van der Waals surface area contributed by atoms with Gasteiger partial charge in [0.15, 0.2) is 0 Å². The van der Waals surface area contributed by atoms with Gasteiger partial charge in [-0.05, 0) is 32.9 Å². The third kappa shape index (κ3) is 6.43. The van der Waals surface area contributed by atoms with Crippen molar-refractivity contribution >= 4 is 29.9 Å². The number of methoxy groups -OCH3 is 1. The molecule has 0 spiro atoms. The molecule has 1 aromatic rings. The van der Waals surface area contributed by atoms with Gasteiger partial charge in [-0.15, -0.1) is 12.4 Å². The lowest BCUT2D eigenvalue weighted by Crippen LogP contribution is -2.42. The first-order valence-electron chi connectivity index (χ1n) is 6.71. The van der Waals surface area contributed by atoms with Crippen LogP contribution in [0.1, 0.15) is 31.1 Å². The molecule has 0 saturated carbocycles. The summed E-state index contributed by atoms with van der Waals surface area (Å²) in [6, 6.07) is 6.01. The summed E-state index contributed by atoms with van der Waals surface area (Å²) in [6.45, 7) is 5.78. The lowest BCUT2D eigenvalue weighted by atomic mass is 10.1. The summed E-state index contributed by atoms with van der Waals surface area (Å²) in [5, 5.41) is 5.51. The predicted octanol–water partition coefficient (Wildman–Crippen LogP) is 1.55. The maximum atomic E-state index is 12.2. The maximum Gasteiger partial charge on any atom is 0.253 e. The fourth-order valence-electron chi connectivity index (χ4n) is 1.68. The van der Waals surface area contributed by atoms with Crippen molar-refractivity contribution in [3.63, 3.8) is 0 Å². The molecule has 124 valence electrons. The predicted molar refractivity (Wildman–Crippen MR) is 89.4 cm³/mol. The lowest BCUT2D eigenvalue weighted by Gasteiger charge is -2.22. The number of ether oxygens (including phenoxy) is 1. The van der Waals surface area contributed by atoms with Gasteiger partial charge >= 0.3 is 0 Å². The molecule has 0 bridgehead atoms. The van der Waals surface area contributed by atoms with Gasteiger partial charge in [-0.1, -0.05) is 12.1 Å². The Bertz CT molecular complexity index is 515. The molecule has 0 aromatic heterocycles. The van der Waals surface area contributed by atoms with Crippen LogP contribution in [0.25, 0.3) is 0 Å². The van der Waals surface area contributed by atoms with Crippen LogP contribution < -0.4 is 16.4 Å². The Hall–Kier alpha value is -1.63. The molecule has 0 aliphatic rings. The van der Waals surface area contributed by atoms with E-state index in [9.17, 15) is 9.59 Å². The van der Waals surface area contributed by atoms with Gasteiger partial charge in [0.05, 0.1) is 17.9 Å². The van der Waals surface area contributed by atoms with E-state index in [4.69, 9.17) is 10.5 Å². The standard InChI is InChI=1S/C15H23N3O3.ClH/c1-15(2,3)18-13(19)10-7-5-6-8-12(10)17-14(20)11(16)9-21-4;/h5-8,11H,9,16H2,1-4H3,(H,17,20)(H,18,19);1H. The lowest BCUT2D eigenvalue weighted by molar-refractivity contribution is -0.118. The molecule has 6 nitrogen and oxygen atoms in total. The average Bonchev–Trinajstić information content (AvgIpc) is 2.37. The number of nitrogens with one attached hydrogen (secondary N) is 2. The number of para-hydroxylation sites is 1. The summed E-state index contributed by atoms with van der Waals surface area (Å²) in [7, 11) is 1.47. The fourth-order valence-corrected chi connectivity index (χ4v) is 1.68. The SMILES string of the molecule is COCC(N)C(=O)Nc1ccccc1C(=O)NC(C)(C)C.Cl. The molecular formula is C15H24ClN3O3. The van der Waals surface area contributed by atoms with Gasteiger partial charge in [0, 0.05) is 12.6 Å². The van der Waals surface area contributed by atoms with Crippen molar-refractivity contribution in [3.05, 3.63) is 29.8 Å². The second-order valence-electron chi connectivity index (χ2n) is 5.80. The van der Waals surface area contributed by atoms with Crippen molar-refractivity contribution in [2.45, 2.75) is 32.4 Å². The minimum atomic E-state index is -0.784. The van der Waals surface area contributed by atoms with Crippen LogP contribution in [-0.4, -0.2) is 37.1 Å². The number of benzene rings is 1. The van der Waals surface area contributed by atoms with Crippen molar-refractivity contribution in [2.75, 3.05) is 19.0 Å². The summed E-state index contributed by atoms with van der Waals surface area (Å²) < 4.78 is 4.84. The molecular weight excluding hydrogens is 306 g/mol. The molecule has 0 saturated heterocycles. The monoisotopic (exact) mass is 329 g/mol. The van der Waals surface area contributed by atoms with E-state index in [-0.39, 0.29) is 30.5 Å². The normalized spacial score (nSPS) is 12.0. The Morgan fingerprint density at radius 1 is 1.27 bits per heavy atom. The van der Waals surface area contributed by atoms with Gasteiger partial charge < -0.3 is 21.1 Å². The maximum absolute atomic E-state index is 12.2. The quantitative estimate of drug-likeness (QED) is 0.764. The molecule has 1 unspecified atom stereocenters. The first-order chi connectivity index (χ1) is 9.74. The second-order valence-corrected chi connectivity index (χ2v) is 5.80. The van der Waals surface area contributed by atoms with Crippen LogP contribution >= 0.6 is 12.4 Å². The molecule has 0 radical (unpaired) electrons. The van der Waals surface area contributed by atoms with Crippen molar-refractivity contribution in [1.82, 2.24) is 5.32 Å². The van der Waals surface area contributed by atoms with Gasteiger partial charge in [0.25, 0.3) is 5.91 Å². The van der Waals surface area contributed by atoms with E-state index in [1.165, 1.54) is 7.11 Å². The molecule has 2 amide bonds. The molecule has 7 heteroatoms. The summed E-state index contributed by atoms with van der Waals surface area (Å²) in [5.74, 6) is -0.647. The number of hydrogen-bond acceptors (Lipinski definition) is 4. The van der Waals surface area contributed by atoms with Gasteiger partial charge in [-0.2, -0.15) is 0 Å². The van der Waals surface area contributed by atoms with E-state index in [2.05, 4.69) is 10.6 Å². The first kappa shape index (κ1) is 20.4. The Morgan fingerprint density at radius 3 is 2.41 bits per heavy atom. The van der Waals surface area contributed by atoms with Gasteiger partial charge in [0.1, 0.15) is 6.04 Å². The highest BCUT2D eigenvalue weighted by Crippen LogP contribution is 2.16. The highest BCUT2D eigenvalue weighted by atomic mass is 35.5. The zero-order valence-electron chi connectivity index (χ0n) is 13.3. The molecule has 0 heterocycles. The van der Waals surface area contributed by atoms with Crippen molar-refractivity contribution < 1.29 is 14.3 Å². The molecule has 0 aliphatic carbocycles. The van der Waals surface area contributed by atoms with Gasteiger partial charge in [-0.3, -0.25) is 9.59 Å². The number of rotatable bonds is 5. The van der Waals surface area contributed by atoms with Crippen LogP contribution in [0.3, 0.4) is 0 Å². The Morgan fingerprint density at radius 2 is 1.86 bits per heavy atom. The van der Waals surface area contributed by atoms with Crippen molar-refractivity contribution in [2.24, 2.45) is 5.73 Å².